The minimum Gasteiger partial charge on any atom is -0.276 e. The first-order valence-electron chi connectivity index (χ1n) is 6.58. The monoisotopic (exact) mass is 347 g/mol. The van der Waals surface area contributed by atoms with E-state index in [1.165, 1.54) is 6.07 Å². The molecule has 6 heteroatoms. The molecule has 0 unspecified atom stereocenters. The molecule has 0 aliphatic carbocycles. The van der Waals surface area contributed by atoms with Crippen LogP contribution in [0.5, 0.6) is 0 Å². The summed E-state index contributed by atoms with van der Waals surface area (Å²) in [6, 6.07) is 13.1. The molecule has 3 rings (SSSR count). The summed E-state index contributed by atoms with van der Waals surface area (Å²) in [5.74, 6) is -0.880. The average molecular weight is 348 g/mol. The minimum absolute atomic E-state index is 0.0127. The molecule has 0 bridgehead atoms. The Hall–Kier alpha value is -2.30. The van der Waals surface area contributed by atoms with Gasteiger partial charge in [-0.3, -0.25) is 9.59 Å². The van der Waals surface area contributed by atoms with Crippen LogP contribution in [0, 0.1) is 5.82 Å². The van der Waals surface area contributed by atoms with E-state index in [1.54, 1.807) is 42.5 Å². The number of carbonyl (C=O) groups is 2. The number of rotatable bonds is 3. The quantitative estimate of drug-likeness (QED) is 0.639. The van der Waals surface area contributed by atoms with Gasteiger partial charge in [-0.05, 0) is 35.3 Å². The Bertz CT molecular complexity index is 942. The van der Waals surface area contributed by atoms with Gasteiger partial charge < -0.3 is 0 Å². The normalized spacial score (nSPS) is 10.7. The number of halogens is 3. The number of fused-ring (bicyclic) bond motifs is 1. The van der Waals surface area contributed by atoms with Gasteiger partial charge in [0.15, 0.2) is 5.82 Å². The summed E-state index contributed by atoms with van der Waals surface area (Å²) < 4.78 is 14.9. The average Bonchev–Trinajstić information content (AvgIpc) is 2.54. The fraction of sp³-hybridized carbons (Fsp3) is 0. The van der Waals surface area contributed by atoms with E-state index < -0.39 is 21.9 Å². The second-order valence-electron chi connectivity index (χ2n) is 4.76. The summed E-state index contributed by atoms with van der Waals surface area (Å²) in [7, 11) is 0. The smallest absolute Gasteiger partial charge is 0.256 e. The molecule has 114 valence electrons. The van der Waals surface area contributed by atoms with E-state index in [4.69, 9.17) is 23.2 Å². The molecule has 2 aromatic carbocycles. The van der Waals surface area contributed by atoms with Crippen LogP contribution in [-0.2, 0) is 0 Å². The van der Waals surface area contributed by atoms with E-state index in [0.29, 0.717) is 5.56 Å². The van der Waals surface area contributed by atoms with E-state index in [2.05, 4.69) is 4.98 Å². The van der Waals surface area contributed by atoms with E-state index >= 15 is 0 Å². The van der Waals surface area contributed by atoms with Crippen LogP contribution in [0.4, 0.5) is 4.39 Å². The summed E-state index contributed by atoms with van der Waals surface area (Å²) in [4.78, 5) is 27.6. The fourth-order valence-electron chi connectivity index (χ4n) is 2.43. The van der Waals surface area contributed by atoms with E-state index in [-0.39, 0.29) is 22.2 Å². The number of benzene rings is 2. The number of aromatic nitrogens is 1. The third-order valence-electron chi connectivity index (χ3n) is 3.41. The molecule has 23 heavy (non-hydrogen) atoms. The molecular weight excluding hydrogens is 340 g/mol. The maximum atomic E-state index is 14.9. The van der Waals surface area contributed by atoms with Gasteiger partial charge in [0.25, 0.3) is 10.5 Å². The number of nitrogens with zero attached hydrogens (tertiary/aromatic N) is 1. The Kier molecular flexibility index (Phi) is 4.11. The van der Waals surface area contributed by atoms with Crippen molar-refractivity contribution in [2.24, 2.45) is 0 Å². The second kappa shape index (κ2) is 6.07. The van der Waals surface area contributed by atoms with Crippen molar-refractivity contribution in [3.63, 3.8) is 0 Å². The molecule has 3 aromatic rings. The zero-order valence-corrected chi connectivity index (χ0v) is 13.0. The van der Waals surface area contributed by atoms with Gasteiger partial charge >= 0.3 is 0 Å². The molecule has 1 aromatic heterocycles. The van der Waals surface area contributed by atoms with Crippen molar-refractivity contribution in [3.8, 4) is 11.3 Å². The summed E-state index contributed by atoms with van der Waals surface area (Å²) in [5.41, 5.74) is 0.329. The lowest BCUT2D eigenvalue weighted by atomic mass is 10.0. The SMILES string of the molecule is O=C(Cl)c1cccc2nc(-c3ccccc3)c(F)c(C(=O)Cl)c12. The highest BCUT2D eigenvalue weighted by Gasteiger charge is 2.24. The van der Waals surface area contributed by atoms with Gasteiger partial charge in [0.05, 0.1) is 11.1 Å². The molecule has 0 saturated heterocycles. The van der Waals surface area contributed by atoms with Crippen LogP contribution in [0.25, 0.3) is 22.2 Å². The molecule has 1 heterocycles. The van der Waals surface area contributed by atoms with Crippen LogP contribution in [0.2, 0.25) is 0 Å². The van der Waals surface area contributed by atoms with Crippen LogP contribution in [0.3, 0.4) is 0 Å². The molecule has 0 fully saturated rings. The lowest BCUT2D eigenvalue weighted by molar-refractivity contribution is 0.107. The van der Waals surface area contributed by atoms with E-state index in [1.807, 2.05) is 0 Å². The highest BCUT2D eigenvalue weighted by molar-refractivity contribution is 6.71. The maximum absolute atomic E-state index is 14.9. The lowest BCUT2D eigenvalue weighted by Gasteiger charge is -2.11. The summed E-state index contributed by atoms with van der Waals surface area (Å²) >= 11 is 11.1. The molecule has 0 atom stereocenters. The molecular formula is C17H8Cl2FNO2. The van der Waals surface area contributed by atoms with Crippen LogP contribution in [0.1, 0.15) is 20.7 Å². The van der Waals surface area contributed by atoms with Crippen molar-refractivity contribution in [1.82, 2.24) is 4.98 Å². The van der Waals surface area contributed by atoms with Crippen molar-refractivity contribution < 1.29 is 14.0 Å². The Balaban J connectivity index is 2.47. The Morgan fingerprint density at radius 3 is 2.22 bits per heavy atom. The predicted molar refractivity (Wildman–Crippen MR) is 87.5 cm³/mol. The van der Waals surface area contributed by atoms with Gasteiger partial charge in [0.2, 0.25) is 0 Å². The minimum atomic E-state index is -1.02. The second-order valence-corrected chi connectivity index (χ2v) is 5.45. The third-order valence-corrected chi connectivity index (χ3v) is 3.80. The Morgan fingerprint density at radius 1 is 0.913 bits per heavy atom. The fourth-order valence-corrected chi connectivity index (χ4v) is 2.76. The Morgan fingerprint density at radius 2 is 1.61 bits per heavy atom. The van der Waals surface area contributed by atoms with Crippen LogP contribution in [-0.4, -0.2) is 15.5 Å². The molecule has 3 nitrogen and oxygen atoms in total. The largest absolute Gasteiger partial charge is 0.276 e. The molecule has 0 N–H and O–H groups in total. The van der Waals surface area contributed by atoms with Crippen molar-refractivity contribution in [3.05, 3.63) is 65.5 Å². The highest BCUT2D eigenvalue weighted by Crippen LogP contribution is 2.32. The summed E-state index contributed by atoms with van der Waals surface area (Å²) in [6.45, 7) is 0. The van der Waals surface area contributed by atoms with E-state index in [0.717, 1.165) is 0 Å². The van der Waals surface area contributed by atoms with Crippen molar-refractivity contribution >= 4 is 44.6 Å². The molecule has 0 aliphatic heterocycles. The lowest BCUT2D eigenvalue weighted by Crippen LogP contribution is -2.05. The first-order chi connectivity index (χ1) is 11.0. The standard InChI is InChI=1S/C17H8Cl2FNO2/c18-16(22)10-7-4-8-11-12(10)13(17(19)23)14(20)15(21-11)9-5-2-1-3-6-9/h1-8H. The molecule has 0 spiro atoms. The van der Waals surface area contributed by atoms with Gasteiger partial charge in [-0.2, -0.15) is 0 Å². The topological polar surface area (TPSA) is 47.0 Å². The third kappa shape index (κ3) is 2.71. The van der Waals surface area contributed by atoms with Crippen LogP contribution >= 0.6 is 23.2 Å². The number of carbonyl (C=O) groups excluding carboxylic acids is 2. The van der Waals surface area contributed by atoms with Gasteiger partial charge in [-0.15, -0.1) is 0 Å². The number of hydrogen-bond donors (Lipinski definition) is 0. The van der Waals surface area contributed by atoms with Crippen molar-refractivity contribution in [2.75, 3.05) is 0 Å². The summed E-state index contributed by atoms with van der Waals surface area (Å²) in [5, 5.41) is -1.81. The maximum Gasteiger partial charge on any atom is 0.256 e. The highest BCUT2D eigenvalue weighted by atomic mass is 35.5. The molecule has 0 saturated carbocycles. The van der Waals surface area contributed by atoms with Crippen LogP contribution < -0.4 is 0 Å². The zero-order chi connectivity index (χ0) is 16.6. The van der Waals surface area contributed by atoms with E-state index in [9.17, 15) is 14.0 Å². The van der Waals surface area contributed by atoms with Gasteiger partial charge in [-0.1, -0.05) is 36.4 Å². The zero-order valence-electron chi connectivity index (χ0n) is 11.5. The molecule has 0 amide bonds. The molecule has 0 radical (unpaired) electrons. The van der Waals surface area contributed by atoms with Gasteiger partial charge in [-0.25, -0.2) is 9.37 Å². The number of pyridine rings is 1. The first kappa shape index (κ1) is 15.6. The Labute approximate surface area is 140 Å². The van der Waals surface area contributed by atoms with Crippen molar-refractivity contribution in [2.45, 2.75) is 0 Å². The van der Waals surface area contributed by atoms with Crippen LogP contribution in [0.15, 0.2) is 48.5 Å². The summed E-state index contributed by atoms with van der Waals surface area (Å²) in [6.07, 6.45) is 0. The van der Waals surface area contributed by atoms with Gasteiger partial charge in [0.1, 0.15) is 5.69 Å². The van der Waals surface area contributed by atoms with Gasteiger partial charge in [0, 0.05) is 16.5 Å². The first-order valence-corrected chi connectivity index (χ1v) is 7.33. The van der Waals surface area contributed by atoms with Crippen molar-refractivity contribution in [1.29, 1.82) is 0 Å². The predicted octanol–water partition coefficient (Wildman–Crippen LogP) is 4.80. The molecule has 0 aliphatic rings. The number of hydrogen-bond acceptors (Lipinski definition) is 3.